The normalized spacial score (nSPS) is 12.2. The van der Waals surface area contributed by atoms with Crippen LogP contribution in [0.15, 0.2) is 18.6 Å². The third-order valence-electron chi connectivity index (χ3n) is 2.44. The standard InChI is InChI=1S/C10H9F5N4S/c1-18(5-7-16-2-3-19(7)8(11)12)9-17-4-6(20-9)10(13,14)15/h2-4,8H,5H2,1H3. The summed E-state index contributed by atoms with van der Waals surface area (Å²) >= 11 is 0.449. The van der Waals surface area contributed by atoms with Gasteiger partial charge in [0.05, 0.1) is 12.7 Å². The largest absolute Gasteiger partial charge is 0.427 e. The highest BCUT2D eigenvalue weighted by molar-refractivity contribution is 7.15. The van der Waals surface area contributed by atoms with Crippen LogP contribution < -0.4 is 4.90 Å². The van der Waals surface area contributed by atoms with Gasteiger partial charge in [-0.05, 0) is 0 Å². The summed E-state index contributed by atoms with van der Waals surface area (Å²) in [4.78, 5) is 7.89. The van der Waals surface area contributed by atoms with Crippen molar-refractivity contribution < 1.29 is 22.0 Å². The van der Waals surface area contributed by atoms with Crippen LogP contribution >= 0.6 is 11.3 Å². The number of rotatable bonds is 4. The molecule has 0 atom stereocenters. The molecule has 0 aliphatic rings. The molecule has 0 aliphatic carbocycles. The van der Waals surface area contributed by atoms with E-state index in [9.17, 15) is 22.0 Å². The topological polar surface area (TPSA) is 34.0 Å². The summed E-state index contributed by atoms with van der Waals surface area (Å²) in [7, 11) is 1.46. The molecule has 4 nitrogen and oxygen atoms in total. The van der Waals surface area contributed by atoms with Gasteiger partial charge in [-0.25, -0.2) is 9.97 Å². The maximum Gasteiger partial charge on any atom is 0.427 e. The Hall–Kier alpha value is -1.71. The Kier molecular flexibility index (Phi) is 3.93. The van der Waals surface area contributed by atoms with Gasteiger partial charge in [0.1, 0.15) is 10.7 Å². The van der Waals surface area contributed by atoms with Crippen LogP contribution in [-0.2, 0) is 12.7 Å². The molecule has 0 amide bonds. The fourth-order valence-electron chi connectivity index (χ4n) is 1.50. The van der Waals surface area contributed by atoms with Crippen LogP contribution in [0.2, 0.25) is 0 Å². The second kappa shape index (κ2) is 5.35. The minimum Gasteiger partial charge on any atom is -0.344 e. The summed E-state index contributed by atoms with van der Waals surface area (Å²) in [5.41, 5.74) is 0. The van der Waals surface area contributed by atoms with Crippen LogP contribution in [0.25, 0.3) is 0 Å². The van der Waals surface area contributed by atoms with Gasteiger partial charge in [0.2, 0.25) is 0 Å². The highest BCUT2D eigenvalue weighted by atomic mass is 32.1. The lowest BCUT2D eigenvalue weighted by Gasteiger charge is -2.16. The van der Waals surface area contributed by atoms with Crippen molar-refractivity contribution in [1.82, 2.24) is 14.5 Å². The molecule has 0 N–H and O–H groups in total. The van der Waals surface area contributed by atoms with Gasteiger partial charge in [-0.1, -0.05) is 11.3 Å². The molecule has 0 fully saturated rings. The molecule has 0 saturated carbocycles. The number of thiazole rings is 1. The fourth-order valence-corrected chi connectivity index (χ4v) is 2.24. The zero-order valence-corrected chi connectivity index (χ0v) is 10.9. The molecule has 10 heteroatoms. The third kappa shape index (κ3) is 3.06. The Morgan fingerprint density at radius 1 is 1.35 bits per heavy atom. The molecule has 2 aromatic rings. The molecular weight excluding hydrogens is 303 g/mol. The first-order valence-corrected chi connectivity index (χ1v) is 6.14. The molecule has 0 aromatic carbocycles. The van der Waals surface area contributed by atoms with Crippen LogP contribution in [0.4, 0.5) is 27.1 Å². The van der Waals surface area contributed by atoms with Gasteiger partial charge >= 0.3 is 12.7 Å². The number of hydrogen-bond donors (Lipinski definition) is 0. The number of anilines is 1. The van der Waals surface area contributed by atoms with Crippen molar-refractivity contribution in [1.29, 1.82) is 0 Å². The van der Waals surface area contributed by atoms with E-state index in [-0.39, 0.29) is 17.5 Å². The van der Waals surface area contributed by atoms with Gasteiger partial charge in [-0.3, -0.25) is 4.57 Å². The van der Waals surface area contributed by atoms with Crippen molar-refractivity contribution in [3.05, 3.63) is 29.3 Å². The van der Waals surface area contributed by atoms with Crippen molar-refractivity contribution in [2.45, 2.75) is 19.3 Å². The highest BCUT2D eigenvalue weighted by Crippen LogP contribution is 2.36. The summed E-state index contributed by atoms with van der Waals surface area (Å²) < 4.78 is 63.2. The molecule has 0 saturated heterocycles. The number of halogens is 5. The van der Waals surface area contributed by atoms with E-state index in [0.29, 0.717) is 15.9 Å². The average molecular weight is 312 g/mol. The van der Waals surface area contributed by atoms with E-state index >= 15 is 0 Å². The van der Waals surface area contributed by atoms with Crippen molar-refractivity contribution in [2.24, 2.45) is 0 Å². The van der Waals surface area contributed by atoms with Gasteiger partial charge in [-0.15, -0.1) is 0 Å². The van der Waals surface area contributed by atoms with E-state index in [4.69, 9.17) is 0 Å². The molecular formula is C10H9F5N4S. The molecule has 110 valence electrons. The SMILES string of the molecule is CN(Cc1nccn1C(F)F)c1ncc(C(F)(F)F)s1. The second-order valence-corrected chi connectivity index (χ2v) is 4.90. The van der Waals surface area contributed by atoms with Crippen LogP contribution in [0.5, 0.6) is 0 Å². The van der Waals surface area contributed by atoms with Crippen LogP contribution in [-0.4, -0.2) is 21.6 Å². The van der Waals surface area contributed by atoms with E-state index in [0.717, 1.165) is 12.4 Å². The third-order valence-corrected chi connectivity index (χ3v) is 3.59. The summed E-state index contributed by atoms with van der Waals surface area (Å²) in [5.74, 6) is 0.0475. The van der Waals surface area contributed by atoms with Crippen molar-refractivity contribution >= 4 is 16.5 Å². The maximum absolute atomic E-state index is 12.6. The first-order chi connectivity index (χ1) is 9.29. The first-order valence-electron chi connectivity index (χ1n) is 5.33. The zero-order valence-electron chi connectivity index (χ0n) is 10.1. The number of hydrogen-bond acceptors (Lipinski definition) is 4. The Labute approximate surface area is 114 Å². The molecule has 2 heterocycles. The minimum atomic E-state index is -4.46. The number of alkyl halides is 5. The van der Waals surface area contributed by atoms with Gasteiger partial charge < -0.3 is 4.90 Å². The number of aromatic nitrogens is 3. The highest BCUT2D eigenvalue weighted by Gasteiger charge is 2.33. The smallest absolute Gasteiger partial charge is 0.344 e. The lowest BCUT2D eigenvalue weighted by molar-refractivity contribution is -0.134. The molecule has 20 heavy (non-hydrogen) atoms. The van der Waals surface area contributed by atoms with Gasteiger partial charge in [-0.2, -0.15) is 22.0 Å². The summed E-state index contributed by atoms with van der Waals surface area (Å²) in [5, 5.41) is 0.0844. The molecule has 0 aliphatic heterocycles. The van der Waals surface area contributed by atoms with E-state index in [1.54, 1.807) is 0 Å². The van der Waals surface area contributed by atoms with E-state index < -0.39 is 17.6 Å². The monoisotopic (exact) mass is 312 g/mol. The lowest BCUT2D eigenvalue weighted by atomic mass is 10.5. The van der Waals surface area contributed by atoms with Crippen molar-refractivity contribution in [3.8, 4) is 0 Å². The van der Waals surface area contributed by atoms with E-state index in [2.05, 4.69) is 9.97 Å². The number of nitrogens with zero attached hydrogens (tertiary/aromatic N) is 4. The molecule has 0 spiro atoms. The molecule has 0 bridgehead atoms. The molecule has 0 radical (unpaired) electrons. The Balaban J connectivity index is 2.14. The van der Waals surface area contributed by atoms with Gasteiger partial charge in [0, 0.05) is 19.4 Å². The van der Waals surface area contributed by atoms with Crippen LogP contribution in [0.1, 0.15) is 17.3 Å². The first kappa shape index (κ1) is 14.7. The molecule has 0 unspecified atom stereocenters. The van der Waals surface area contributed by atoms with Crippen molar-refractivity contribution in [2.75, 3.05) is 11.9 Å². The van der Waals surface area contributed by atoms with Gasteiger partial charge in [0.25, 0.3) is 0 Å². The predicted molar refractivity (Wildman–Crippen MR) is 62.7 cm³/mol. The minimum absolute atomic E-state index is 0.0475. The Bertz CT molecular complexity index is 576. The summed E-state index contributed by atoms with van der Waals surface area (Å²) in [6, 6.07) is 0. The quantitative estimate of drug-likeness (QED) is 0.812. The van der Waals surface area contributed by atoms with Crippen LogP contribution in [0.3, 0.4) is 0 Å². The predicted octanol–water partition coefficient (Wildman–Crippen LogP) is 3.39. The second-order valence-electron chi connectivity index (χ2n) is 3.89. The summed E-state index contributed by atoms with van der Waals surface area (Å²) in [6.45, 7) is -2.81. The molecule has 2 aromatic heterocycles. The van der Waals surface area contributed by atoms with Gasteiger partial charge in [0.15, 0.2) is 5.13 Å². The number of imidazole rings is 1. The Morgan fingerprint density at radius 3 is 2.60 bits per heavy atom. The molecule has 2 rings (SSSR count). The zero-order chi connectivity index (χ0) is 14.9. The lowest BCUT2D eigenvalue weighted by Crippen LogP contribution is -2.19. The maximum atomic E-state index is 12.6. The van der Waals surface area contributed by atoms with E-state index in [1.807, 2.05) is 0 Å². The van der Waals surface area contributed by atoms with Crippen LogP contribution in [0, 0.1) is 0 Å². The fraction of sp³-hybridized carbons (Fsp3) is 0.400. The average Bonchev–Trinajstić information content (AvgIpc) is 2.95. The Morgan fingerprint density at radius 2 is 2.05 bits per heavy atom. The van der Waals surface area contributed by atoms with E-state index in [1.165, 1.54) is 18.1 Å². The van der Waals surface area contributed by atoms with Crippen molar-refractivity contribution in [3.63, 3.8) is 0 Å². The summed E-state index contributed by atoms with van der Waals surface area (Å²) in [6.07, 6.45) is -1.43.